The molecule has 0 bridgehead atoms. The molecular formula is C23H31N3O4. The number of carbonyl (C=O) groups excluding carboxylic acids is 1. The average molecular weight is 414 g/mol. The van der Waals surface area contributed by atoms with Crippen molar-refractivity contribution in [1.29, 1.82) is 0 Å². The van der Waals surface area contributed by atoms with Gasteiger partial charge in [0.05, 0.1) is 33.5 Å². The monoisotopic (exact) mass is 413 g/mol. The Balaban J connectivity index is 1.59. The normalized spacial score (nSPS) is 15.9. The molecule has 1 saturated heterocycles. The standard InChI is InChI=1S/C23H31N3O4/c1-16(21-15-20(28-3)9-10-22(21)29-4)24-17(2)23(27)25-18-5-7-19(8-6-18)26-11-13-30-14-12-26/h5-10,15-17,24H,11-14H2,1-4H3,(H,25,27). The van der Waals surface area contributed by atoms with Gasteiger partial charge in [0.15, 0.2) is 0 Å². The SMILES string of the molecule is COc1ccc(OC)c(C(C)NC(C)C(=O)Nc2ccc(N3CCOCC3)cc2)c1. The molecule has 2 unspecified atom stereocenters. The number of morpholine rings is 1. The molecule has 2 atom stereocenters. The molecule has 1 amide bonds. The minimum Gasteiger partial charge on any atom is -0.497 e. The highest BCUT2D eigenvalue weighted by molar-refractivity contribution is 5.94. The molecule has 1 aliphatic heterocycles. The lowest BCUT2D eigenvalue weighted by molar-refractivity contribution is -0.117. The predicted octanol–water partition coefficient (Wildman–Crippen LogP) is 3.22. The van der Waals surface area contributed by atoms with Gasteiger partial charge in [-0.25, -0.2) is 0 Å². The van der Waals surface area contributed by atoms with Gasteiger partial charge >= 0.3 is 0 Å². The number of nitrogens with zero attached hydrogens (tertiary/aromatic N) is 1. The minimum absolute atomic E-state index is 0.0946. The number of rotatable bonds is 8. The van der Waals surface area contributed by atoms with Crippen LogP contribution in [0.25, 0.3) is 0 Å². The summed E-state index contributed by atoms with van der Waals surface area (Å²) in [5.74, 6) is 1.40. The summed E-state index contributed by atoms with van der Waals surface area (Å²) in [5, 5.41) is 6.31. The number of methoxy groups -OCH3 is 2. The number of carbonyl (C=O) groups is 1. The Morgan fingerprint density at radius 3 is 2.37 bits per heavy atom. The largest absolute Gasteiger partial charge is 0.497 e. The van der Waals surface area contributed by atoms with Gasteiger partial charge in [-0.05, 0) is 56.3 Å². The Morgan fingerprint density at radius 2 is 1.73 bits per heavy atom. The molecule has 2 aromatic carbocycles. The van der Waals surface area contributed by atoms with E-state index in [9.17, 15) is 4.79 Å². The highest BCUT2D eigenvalue weighted by Crippen LogP contribution is 2.29. The van der Waals surface area contributed by atoms with Crippen molar-refractivity contribution >= 4 is 17.3 Å². The number of anilines is 2. The van der Waals surface area contributed by atoms with E-state index < -0.39 is 6.04 Å². The van der Waals surface area contributed by atoms with Crippen molar-refractivity contribution in [3.8, 4) is 11.5 Å². The molecule has 0 aliphatic carbocycles. The maximum absolute atomic E-state index is 12.7. The van der Waals surface area contributed by atoms with E-state index in [2.05, 4.69) is 15.5 Å². The van der Waals surface area contributed by atoms with Crippen LogP contribution in [0.15, 0.2) is 42.5 Å². The third-order valence-electron chi connectivity index (χ3n) is 5.31. The van der Waals surface area contributed by atoms with Crippen LogP contribution in [-0.4, -0.2) is 52.5 Å². The molecule has 7 heteroatoms. The van der Waals surface area contributed by atoms with E-state index in [1.54, 1.807) is 14.2 Å². The molecule has 1 fully saturated rings. The molecule has 162 valence electrons. The molecule has 1 aliphatic rings. The highest BCUT2D eigenvalue weighted by Gasteiger charge is 2.19. The molecule has 0 radical (unpaired) electrons. The van der Waals surface area contributed by atoms with Gasteiger partial charge in [-0.2, -0.15) is 0 Å². The smallest absolute Gasteiger partial charge is 0.241 e. The maximum atomic E-state index is 12.7. The lowest BCUT2D eigenvalue weighted by atomic mass is 10.1. The molecule has 0 aromatic heterocycles. The first-order valence-electron chi connectivity index (χ1n) is 10.2. The average Bonchev–Trinajstić information content (AvgIpc) is 2.79. The van der Waals surface area contributed by atoms with Crippen LogP contribution in [-0.2, 0) is 9.53 Å². The number of amides is 1. The number of nitrogens with one attached hydrogen (secondary N) is 2. The van der Waals surface area contributed by atoms with Crippen molar-refractivity contribution in [2.24, 2.45) is 0 Å². The van der Waals surface area contributed by atoms with Crippen molar-refractivity contribution in [3.05, 3.63) is 48.0 Å². The fourth-order valence-corrected chi connectivity index (χ4v) is 3.55. The lowest BCUT2D eigenvalue weighted by Gasteiger charge is -2.29. The fraction of sp³-hybridized carbons (Fsp3) is 0.435. The Kier molecular flexibility index (Phi) is 7.54. The second-order valence-electron chi connectivity index (χ2n) is 7.35. The van der Waals surface area contributed by atoms with Crippen LogP contribution in [0.2, 0.25) is 0 Å². The summed E-state index contributed by atoms with van der Waals surface area (Å²) in [5.41, 5.74) is 2.85. The van der Waals surface area contributed by atoms with E-state index in [4.69, 9.17) is 14.2 Å². The quantitative estimate of drug-likeness (QED) is 0.692. The predicted molar refractivity (Wildman–Crippen MR) is 119 cm³/mol. The molecular weight excluding hydrogens is 382 g/mol. The zero-order valence-corrected chi connectivity index (χ0v) is 18.1. The summed E-state index contributed by atoms with van der Waals surface area (Å²) in [4.78, 5) is 15.0. The van der Waals surface area contributed by atoms with E-state index >= 15 is 0 Å². The molecule has 1 heterocycles. The van der Waals surface area contributed by atoms with Crippen LogP contribution in [0.3, 0.4) is 0 Å². The Hall–Kier alpha value is -2.77. The summed E-state index contributed by atoms with van der Waals surface area (Å²) in [7, 11) is 3.26. The van der Waals surface area contributed by atoms with Crippen LogP contribution in [0.5, 0.6) is 11.5 Å². The summed E-state index contributed by atoms with van der Waals surface area (Å²) in [6.07, 6.45) is 0. The number of hydrogen-bond acceptors (Lipinski definition) is 6. The van der Waals surface area contributed by atoms with E-state index in [1.165, 1.54) is 0 Å². The van der Waals surface area contributed by atoms with Gasteiger partial charge in [-0.1, -0.05) is 0 Å². The summed E-state index contributed by atoms with van der Waals surface area (Å²) in [6.45, 7) is 7.12. The second-order valence-corrected chi connectivity index (χ2v) is 7.35. The first-order valence-corrected chi connectivity index (χ1v) is 10.2. The molecule has 0 spiro atoms. The summed E-state index contributed by atoms with van der Waals surface area (Å²) in [6, 6.07) is 13.1. The third kappa shape index (κ3) is 5.43. The first-order chi connectivity index (χ1) is 14.5. The number of ether oxygens (including phenoxy) is 3. The van der Waals surface area contributed by atoms with Gasteiger partial charge in [0, 0.05) is 36.1 Å². The van der Waals surface area contributed by atoms with E-state index in [0.29, 0.717) is 0 Å². The van der Waals surface area contributed by atoms with Crippen LogP contribution in [0, 0.1) is 0 Å². The lowest BCUT2D eigenvalue weighted by Crippen LogP contribution is -2.39. The molecule has 2 N–H and O–H groups in total. The molecule has 7 nitrogen and oxygen atoms in total. The maximum Gasteiger partial charge on any atom is 0.241 e. The van der Waals surface area contributed by atoms with Gasteiger partial charge in [-0.3, -0.25) is 10.1 Å². The van der Waals surface area contributed by atoms with Gasteiger partial charge in [0.25, 0.3) is 0 Å². The van der Waals surface area contributed by atoms with Gasteiger partial charge in [-0.15, -0.1) is 0 Å². The zero-order valence-electron chi connectivity index (χ0n) is 18.1. The van der Waals surface area contributed by atoms with E-state index in [1.807, 2.05) is 56.3 Å². The van der Waals surface area contributed by atoms with Crippen molar-refractivity contribution in [3.63, 3.8) is 0 Å². The Bertz CT molecular complexity index is 835. The van der Waals surface area contributed by atoms with E-state index in [0.717, 1.165) is 54.7 Å². The second kappa shape index (κ2) is 10.3. The number of hydrogen-bond donors (Lipinski definition) is 2. The van der Waals surface area contributed by atoms with Crippen LogP contribution < -0.4 is 25.0 Å². The highest BCUT2D eigenvalue weighted by atomic mass is 16.5. The van der Waals surface area contributed by atoms with Crippen molar-refractivity contribution in [2.45, 2.75) is 25.9 Å². The molecule has 0 saturated carbocycles. The van der Waals surface area contributed by atoms with Crippen molar-refractivity contribution in [1.82, 2.24) is 5.32 Å². The summed E-state index contributed by atoms with van der Waals surface area (Å²) < 4.78 is 16.2. The Labute approximate surface area is 178 Å². The van der Waals surface area contributed by atoms with Gasteiger partial charge < -0.3 is 24.4 Å². The first kappa shape index (κ1) is 21.9. The molecule has 30 heavy (non-hydrogen) atoms. The van der Waals surface area contributed by atoms with Gasteiger partial charge in [0.1, 0.15) is 11.5 Å². The van der Waals surface area contributed by atoms with Crippen LogP contribution in [0.1, 0.15) is 25.5 Å². The van der Waals surface area contributed by atoms with Crippen molar-refractivity contribution in [2.75, 3.05) is 50.7 Å². The summed E-state index contributed by atoms with van der Waals surface area (Å²) >= 11 is 0. The topological polar surface area (TPSA) is 72.1 Å². The minimum atomic E-state index is -0.394. The molecule has 3 rings (SSSR count). The van der Waals surface area contributed by atoms with Crippen LogP contribution in [0.4, 0.5) is 11.4 Å². The number of benzene rings is 2. The third-order valence-corrected chi connectivity index (χ3v) is 5.31. The van der Waals surface area contributed by atoms with Crippen LogP contribution >= 0.6 is 0 Å². The zero-order chi connectivity index (χ0) is 21.5. The van der Waals surface area contributed by atoms with E-state index in [-0.39, 0.29) is 11.9 Å². The van der Waals surface area contributed by atoms with Gasteiger partial charge in [0.2, 0.25) is 5.91 Å². The molecule has 2 aromatic rings. The van der Waals surface area contributed by atoms with Crippen molar-refractivity contribution < 1.29 is 19.0 Å². The Morgan fingerprint density at radius 1 is 1.03 bits per heavy atom. The fourth-order valence-electron chi connectivity index (χ4n) is 3.55.